The molecule has 0 spiro atoms. The number of anilines is 1. The van der Waals surface area contributed by atoms with Crippen LogP contribution in [0, 0.1) is 5.92 Å². The van der Waals surface area contributed by atoms with E-state index in [-0.39, 0.29) is 24.1 Å². The van der Waals surface area contributed by atoms with Crippen LogP contribution < -0.4 is 10.6 Å². The van der Waals surface area contributed by atoms with Gasteiger partial charge in [0.05, 0.1) is 12.2 Å². The highest BCUT2D eigenvalue weighted by Gasteiger charge is 2.33. The number of hydrogen-bond donors (Lipinski definition) is 2. The molecule has 2 fully saturated rings. The van der Waals surface area contributed by atoms with Crippen molar-refractivity contribution in [3.63, 3.8) is 0 Å². The molecule has 0 bridgehead atoms. The lowest BCUT2D eigenvalue weighted by molar-refractivity contribution is -0.117. The summed E-state index contributed by atoms with van der Waals surface area (Å²) in [6.45, 7) is 4.95. The number of benzene rings is 1. The second kappa shape index (κ2) is 7.90. The molecule has 2 N–H and O–H groups in total. The zero-order valence-corrected chi connectivity index (χ0v) is 14.2. The number of amides is 1. The van der Waals surface area contributed by atoms with Crippen LogP contribution in [0.5, 0.6) is 0 Å². The average molecular weight is 338 g/mol. The summed E-state index contributed by atoms with van der Waals surface area (Å²) in [6.07, 6.45) is 2.32. The molecule has 23 heavy (non-hydrogen) atoms. The maximum Gasteiger partial charge on any atom is 0.238 e. The molecule has 2 atom stereocenters. The van der Waals surface area contributed by atoms with Crippen LogP contribution in [0.25, 0.3) is 0 Å². The maximum absolute atomic E-state index is 12.3. The summed E-state index contributed by atoms with van der Waals surface area (Å²) in [4.78, 5) is 26.1. The largest absolute Gasteiger partial charge is 0.324 e. The fourth-order valence-corrected chi connectivity index (χ4v) is 3.56. The number of rotatable bonds is 4. The number of Topliss-reactive ketones (excluding diaryl/α,β-unsaturated/α-hetero) is 1. The number of hydrogen-bond acceptors (Lipinski definition) is 4. The number of fused-ring (bicyclic) bond motifs is 1. The first kappa shape index (κ1) is 17.9. The summed E-state index contributed by atoms with van der Waals surface area (Å²) in [5.74, 6) is 0.595. The third kappa shape index (κ3) is 4.31. The van der Waals surface area contributed by atoms with Gasteiger partial charge in [0.2, 0.25) is 5.91 Å². The molecular formula is C17H24ClN3O2. The Kier molecular flexibility index (Phi) is 6.16. The van der Waals surface area contributed by atoms with Gasteiger partial charge in [-0.2, -0.15) is 0 Å². The second-order valence-corrected chi connectivity index (χ2v) is 6.28. The van der Waals surface area contributed by atoms with Crippen molar-refractivity contribution >= 4 is 29.8 Å². The van der Waals surface area contributed by atoms with E-state index >= 15 is 0 Å². The average Bonchev–Trinajstić information content (AvgIpc) is 2.95. The molecule has 0 aromatic heterocycles. The molecule has 0 saturated carbocycles. The molecule has 0 aliphatic carbocycles. The Balaban J connectivity index is 0.00000192. The van der Waals surface area contributed by atoms with Crippen LogP contribution in [0.1, 0.15) is 30.1 Å². The highest BCUT2D eigenvalue weighted by molar-refractivity contribution is 6.04. The van der Waals surface area contributed by atoms with Gasteiger partial charge in [0.25, 0.3) is 0 Å². The monoisotopic (exact) mass is 337 g/mol. The summed E-state index contributed by atoms with van der Waals surface area (Å²) in [5, 5.41) is 6.41. The molecule has 2 heterocycles. The lowest BCUT2D eigenvalue weighted by Gasteiger charge is -2.34. The summed E-state index contributed by atoms with van der Waals surface area (Å²) in [7, 11) is 0. The van der Waals surface area contributed by atoms with E-state index in [9.17, 15) is 9.59 Å². The lowest BCUT2D eigenvalue weighted by Crippen LogP contribution is -2.46. The number of para-hydroxylation sites is 1. The zero-order valence-electron chi connectivity index (χ0n) is 13.4. The summed E-state index contributed by atoms with van der Waals surface area (Å²) in [6, 6.07) is 7.80. The van der Waals surface area contributed by atoms with Crippen molar-refractivity contribution in [3.8, 4) is 0 Å². The molecule has 1 amide bonds. The van der Waals surface area contributed by atoms with E-state index in [1.165, 1.54) is 13.3 Å². The third-order valence-electron chi connectivity index (χ3n) is 4.69. The minimum Gasteiger partial charge on any atom is -0.324 e. The van der Waals surface area contributed by atoms with Crippen LogP contribution in [-0.4, -0.2) is 48.8 Å². The highest BCUT2D eigenvalue weighted by Crippen LogP contribution is 2.24. The standard InChI is InChI=1S/C17H23N3O2.ClH/c1-12(21)14-4-2-3-5-16(14)19-17(22)11-20-9-7-15-13(10-20)6-8-18-15;/h2-5,13,15,18H,6-11H2,1H3,(H,19,22);1H. The lowest BCUT2D eigenvalue weighted by atomic mass is 9.93. The first-order valence-corrected chi connectivity index (χ1v) is 7.99. The Morgan fingerprint density at radius 2 is 2.09 bits per heavy atom. The molecule has 3 rings (SSSR count). The molecule has 126 valence electrons. The van der Waals surface area contributed by atoms with Crippen molar-refractivity contribution < 1.29 is 9.59 Å². The van der Waals surface area contributed by atoms with Gasteiger partial charge in [-0.15, -0.1) is 12.4 Å². The van der Waals surface area contributed by atoms with Crippen molar-refractivity contribution in [1.29, 1.82) is 0 Å². The van der Waals surface area contributed by atoms with E-state index < -0.39 is 0 Å². The minimum atomic E-state index is -0.0434. The Morgan fingerprint density at radius 1 is 1.30 bits per heavy atom. The molecule has 0 radical (unpaired) electrons. The molecule has 2 unspecified atom stereocenters. The minimum absolute atomic E-state index is 0. The van der Waals surface area contributed by atoms with Gasteiger partial charge in [-0.3, -0.25) is 14.5 Å². The Morgan fingerprint density at radius 3 is 2.87 bits per heavy atom. The van der Waals surface area contributed by atoms with Gasteiger partial charge in [0.1, 0.15) is 0 Å². The van der Waals surface area contributed by atoms with Gasteiger partial charge >= 0.3 is 0 Å². The Labute approximate surface area is 143 Å². The third-order valence-corrected chi connectivity index (χ3v) is 4.69. The van der Waals surface area contributed by atoms with E-state index in [0.717, 1.165) is 26.1 Å². The van der Waals surface area contributed by atoms with Gasteiger partial charge in [0.15, 0.2) is 5.78 Å². The van der Waals surface area contributed by atoms with Crippen LogP contribution in [0.2, 0.25) is 0 Å². The predicted molar refractivity (Wildman–Crippen MR) is 93.3 cm³/mol. The number of nitrogens with zero attached hydrogens (tertiary/aromatic N) is 1. The summed E-state index contributed by atoms with van der Waals surface area (Å²) < 4.78 is 0. The second-order valence-electron chi connectivity index (χ2n) is 6.28. The van der Waals surface area contributed by atoms with E-state index in [1.54, 1.807) is 12.1 Å². The fourth-order valence-electron chi connectivity index (χ4n) is 3.56. The number of ketones is 1. The Bertz CT molecular complexity index is 579. The Hall–Kier alpha value is -1.43. The highest BCUT2D eigenvalue weighted by atomic mass is 35.5. The van der Waals surface area contributed by atoms with E-state index in [1.807, 2.05) is 12.1 Å². The molecular weight excluding hydrogens is 314 g/mol. The van der Waals surface area contributed by atoms with E-state index in [2.05, 4.69) is 15.5 Å². The molecule has 5 nitrogen and oxygen atoms in total. The molecule has 1 aromatic carbocycles. The van der Waals surface area contributed by atoms with Gasteiger partial charge in [0, 0.05) is 24.7 Å². The van der Waals surface area contributed by atoms with Crippen LogP contribution in [-0.2, 0) is 4.79 Å². The van der Waals surface area contributed by atoms with Crippen molar-refractivity contribution in [2.24, 2.45) is 5.92 Å². The number of nitrogens with one attached hydrogen (secondary N) is 2. The number of halogens is 1. The van der Waals surface area contributed by atoms with Crippen molar-refractivity contribution in [3.05, 3.63) is 29.8 Å². The molecule has 1 aromatic rings. The number of likely N-dealkylation sites (tertiary alicyclic amines) is 1. The molecule has 6 heteroatoms. The molecule has 2 saturated heterocycles. The van der Waals surface area contributed by atoms with E-state index in [0.29, 0.717) is 29.8 Å². The summed E-state index contributed by atoms with van der Waals surface area (Å²) >= 11 is 0. The van der Waals surface area contributed by atoms with Crippen LogP contribution >= 0.6 is 12.4 Å². The van der Waals surface area contributed by atoms with Gasteiger partial charge < -0.3 is 10.6 Å². The predicted octanol–water partition coefficient (Wildman–Crippen LogP) is 1.93. The van der Waals surface area contributed by atoms with E-state index in [4.69, 9.17) is 0 Å². The van der Waals surface area contributed by atoms with Crippen molar-refractivity contribution in [2.75, 3.05) is 31.5 Å². The maximum atomic E-state index is 12.3. The van der Waals surface area contributed by atoms with Gasteiger partial charge in [-0.1, -0.05) is 12.1 Å². The summed E-state index contributed by atoms with van der Waals surface area (Å²) in [5.41, 5.74) is 1.17. The molecule has 2 aliphatic heterocycles. The van der Waals surface area contributed by atoms with Gasteiger partial charge in [-0.25, -0.2) is 0 Å². The van der Waals surface area contributed by atoms with Crippen molar-refractivity contribution in [1.82, 2.24) is 10.2 Å². The zero-order chi connectivity index (χ0) is 15.5. The van der Waals surface area contributed by atoms with Crippen LogP contribution in [0.15, 0.2) is 24.3 Å². The van der Waals surface area contributed by atoms with Crippen LogP contribution in [0.4, 0.5) is 5.69 Å². The normalized spacial score (nSPS) is 23.7. The topological polar surface area (TPSA) is 61.4 Å². The van der Waals surface area contributed by atoms with Crippen molar-refractivity contribution in [2.45, 2.75) is 25.8 Å². The number of carbonyl (C=O) groups excluding carboxylic acids is 2. The van der Waals surface area contributed by atoms with Crippen LogP contribution in [0.3, 0.4) is 0 Å². The molecule has 2 aliphatic rings. The fraction of sp³-hybridized carbons (Fsp3) is 0.529. The van der Waals surface area contributed by atoms with Gasteiger partial charge in [-0.05, 0) is 44.4 Å². The first-order chi connectivity index (χ1) is 10.6. The smallest absolute Gasteiger partial charge is 0.238 e. The number of carbonyl (C=O) groups is 2. The number of piperidine rings is 1. The SMILES string of the molecule is CC(=O)c1ccccc1NC(=O)CN1CCC2NCCC2C1.Cl. The first-order valence-electron chi connectivity index (χ1n) is 7.99. The quantitative estimate of drug-likeness (QED) is 0.824.